The lowest BCUT2D eigenvalue weighted by atomic mass is 10.1. The fourth-order valence-electron chi connectivity index (χ4n) is 2.15. The second-order valence-corrected chi connectivity index (χ2v) is 5.22. The number of anilines is 1. The molecule has 1 heterocycles. The van der Waals surface area contributed by atoms with Gasteiger partial charge in [0.2, 0.25) is 0 Å². The van der Waals surface area contributed by atoms with Crippen LogP contribution in [0.5, 0.6) is 5.75 Å². The first kappa shape index (κ1) is 18.4. The molecular weight excluding hydrogens is 322 g/mol. The van der Waals surface area contributed by atoms with Crippen LogP contribution in [0.2, 0.25) is 0 Å². The Kier molecular flexibility index (Phi) is 6.91. The lowest BCUT2D eigenvalue weighted by molar-refractivity contribution is 0.0948. The van der Waals surface area contributed by atoms with Crippen LogP contribution in [0, 0.1) is 0 Å². The van der Waals surface area contributed by atoms with E-state index in [-0.39, 0.29) is 17.4 Å². The lowest BCUT2D eigenvalue weighted by Crippen LogP contribution is -2.25. The molecule has 0 saturated heterocycles. The van der Waals surface area contributed by atoms with E-state index in [1.807, 2.05) is 6.07 Å². The van der Waals surface area contributed by atoms with E-state index >= 15 is 0 Å². The Bertz CT molecular complexity index is 734. The summed E-state index contributed by atoms with van der Waals surface area (Å²) in [5.41, 5.74) is 1.16. The van der Waals surface area contributed by atoms with Gasteiger partial charge >= 0.3 is 0 Å². The Hall–Kier alpha value is -2.93. The van der Waals surface area contributed by atoms with Gasteiger partial charge in [-0.1, -0.05) is 12.1 Å². The molecule has 2 N–H and O–H groups in total. The van der Waals surface area contributed by atoms with Crippen LogP contribution in [-0.4, -0.2) is 44.2 Å². The second-order valence-electron chi connectivity index (χ2n) is 5.22. The maximum Gasteiger partial charge on any atom is 0.257 e. The zero-order valence-electron chi connectivity index (χ0n) is 14.2. The van der Waals surface area contributed by atoms with Gasteiger partial charge in [-0.15, -0.1) is 0 Å². The summed E-state index contributed by atoms with van der Waals surface area (Å²) >= 11 is 0. The number of carbonyl (C=O) groups excluding carboxylic acids is 2. The van der Waals surface area contributed by atoms with Gasteiger partial charge in [0.25, 0.3) is 11.8 Å². The minimum Gasteiger partial charge on any atom is -0.495 e. The van der Waals surface area contributed by atoms with Crippen molar-refractivity contribution in [2.24, 2.45) is 0 Å². The first-order chi connectivity index (χ1) is 12.2. The van der Waals surface area contributed by atoms with Crippen molar-refractivity contribution in [3.63, 3.8) is 0 Å². The lowest BCUT2D eigenvalue weighted by Gasteiger charge is -2.10. The molecule has 2 amide bonds. The van der Waals surface area contributed by atoms with E-state index in [9.17, 15) is 9.59 Å². The van der Waals surface area contributed by atoms with Crippen LogP contribution >= 0.6 is 0 Å². The van der Waals surface area contributed by atoms with E-state index in [1.54, 1.807) is 25.3 Å². The number of amides is 2. The van der Waals surface area contributed by atoms with Gasteiger partial charge in [0.1, 0.15) is 5.75 Å². The van der Waals surface area contributed by atoms with E-state index in [0.717, 1.165) is 0 Å². The Morgan fingerprint density at radius 1 is 1.08 bits per heavy atom. The van der Waals surface area contributed by atoms with Crippen molar-refractivity contribution < 1.29 is 19.1 Å². The number of benzene rings is 1. The third-order valence-corrected chi connectivity index (χ3v) is 3.43. The minimum atomic E-state index is -0.369. The molecule has 0 aliphatic carbocycles. The number of ether oxygens (including phenoxy) is 2. The smallest absolute Gasteiger partial charge is 0.257 e. The monoisotopic (exact) mass is 343 g/mol. The highest BCUT2D eigenvalue weighted by molar-refractivity contribution is 6.06. The fraction of sp³-hybridized carbons (Fsp3) is 0.278. The summed E-state index contributed by atoms with van der Waals surface area (Å²) in [4.78, 5) is 28.5. The molecule has 0 saturated carbocycles. The maximum absolute atomic E-state index is 12.4. The second kappa shape index (κ2) is 9.39. The molecule has 0 aliphatic rings. The molecule has 132 valence electrons. The normalized spacial score (nSPS) is 10.2. The summed E-state index contributed by atoms with van der Waals surface area (Å²) in [6.45, 7) is 1.06. The topological polar surface area (TPSA) is 89.5 Å². The number of pyridine rings is 1. The molecule has 0 unspecified atom stereocenters. The Morgan fingerprint density at radius 2 is 1.80 bits per heavy atom. The third kappa shape index (κ3) is 5.29. The molecule has 2 rings (SSSR count). The van der Waals surface area contributed by atoms with Crippen LogP contribution in [-0.2, 0) is 4.74 Å². The van der Waals surface area contributed by atoms with Gasteiger partial charge in [-0.05, 0) is 24.6 Å². The van der Waals surface area contributed by atoms with Crippen molar-refractivity contribution in [2.75, 3.05) is 32.7 Å². The molecule has 7 nitrogen and oxygen atoms in total. The average molecular weight is 343 g/mol. The molecule has 7 heteroatoms. The third-order valence-electron chi connectivity index (χ3n) is 3.43. The molecule has 0 fully saturated rings. The first-order valence-electron chi connectivity index (χ1n) is 7.82. The number of methoxy groups -OCH3 is 2. The number of hydrogen-bond acceptors (Lipinski definition) is 5. The highest BCUT2D eigenvalue weighted by Crippen LogP contribution is 2.23. The van der Waals surface area contributed by atoms with E-state index in [4.69, 9.17) is 9.47 Å². The van der Waals surface area contributed by atoms with Crippen LogP contribution in [0.3, 0.4) is 0 Å². The molecule has 1 aromatic carbocycles. The quantitative estimate of drug-likeness (QED) is 0.717. The van der Waals surface area contributed by atoms with Gasteiger partial charge in [0.05, 0.1) is 23.9 Å². The van der Waals surface area contributed by atoms with Crippen molar-refractivity contribution in [3.05, 3.63) is 53.9 Å². The molecule has 0 radical (unpaired) electrons. The molecule has 0 atom stereocenters. The van der Waals surface area contributed by atoms with Crippen molar-refractivity contribution in [1.82, 2.24) is 10.3 Å². The summed E-state index contributed by atoms with van der Waals surface area (Å²) in [6, 6.07) is 8.59. The zero-order chi connectivity index (χ0) is 18.1. The zero-order valence-corrected chi connectivity index (χ0v) is 14.2. The summed E-state index contributed by atoms with van der Waals surface area (Å²) in [5, 5.41) is 5.51. The molecule has 0 bridgehead atoms. The summed E-state index contributed by atoms with van der Waals surface area (Å²) in [5.74, 6) is -0.0996. The fourth-order valence-corrected chi connectivity index (χ4v) is 2.15. The van der Waals surface area contributed by atoms with Crippen LogP contribution in [0.25, 0.3) is 0 Å². The van der Waals surface area contributed by atoms with Gasteiger partial charge in [-0.2, -0.15) is 0 Å². The highest BCUT2D eigenvalue weighted by atomic mass is 16.5. The molecule has 0 aliphatic heterocycles. The molecule has 25 heavy (non-hydrogen) atoms. The largest absolute Gasteiger partial charge is 0.495 e. The summed E-state index contributed by atoms with van der Waals surface area (Å²) in [6.07, 6.45) is 3.54. The summed E-state index contributed by atoms with van der Waals surface area (Å²) < 4.78 is 10.1. The van der Waals surface area contributed by atoms with Gasteiger partial charge in [-0.3, -0.25) is 14.6 Å². The van der Waals surface area contributed by atoms with Crippen LogP contribution < -0.4 is 15.4 Å². The minimum absolute atomic E-state index is 0.282. The standard InChI is InChI=1S/C18H21N3O4/c1-24-9-5-8-20-17(22)13-10-14(12-19-11-13)18(23)21-15-6-3-4-7-16(15)25-2/h3-4,6-7,10-12H,5,8-9H2,1-2H3,(H,20,22)(H,21,23). The van der Waals surface area contributed by atoms with E-state index < -0.39 is 0 Å². The average Bonchev–Trinajstić information content (AvgIpc) is 2.65. The molecule has 2 aromatic rings. The molecule has 1 aromatic heterocycles. The highest BCUT2D eigenvalue weighted by Gasteiger charge is 2.13. The number of rotatable bonds is 8. The SMILES string of the molecule is COCCCNC(=O)c1cncc(C(=O)Nc2ccccc2OC)c1. The number of nitrogens with one attached hydrogen (secondary N) is 2. The van der Waals surface area contributed by atoms with E-state index in [2.05, 4.69) is 15.6 Å². The maximum atomic E-state index is 12.4. The number of carbonyl (C=O) groups is 2. The number of hydrogen-bond donors (Lipinski definition) is 2. The van der Waals surface area contributed by atoms with E-state index in [1.165, 1.54) is 25.6 Å². The molecular formula is C18H21N3O4. The predicted octanol–water partition coefficient (Wildman–Crippen LogP) is 2.11. The Balaban J connectivity index is 2.04. The number of aromatic nitrogens is 1. The predicted molar refractivity (Wildman–Crippen MR) is 94.0 cm³/mol. The van der Waals surface area contributed by atoms with Crippen molar-refractivity contribution in [2.45, 2.75) is 6.42 Å². The van der Waals surface area contributed by atoms with E-state index in [0.29, 0.717) is 36.6 Å². The first-order valence-corrected chi connectivity index (χ1v) is 7.82. The van der Waals surface area contributed by atoms with Gasteiger partial charge in [0, 0.05) is 32.7 Å². The molecule has 0 spiro atoms. The van der Waals surface area contributed by atoms with Crippen molar-refractivity contribution >= 4 is 17.5 Å². The Labute approximate surface area is 146 Å². The van der Waals surface area contributed by atoms with Crippen molar-refractivity contribution in [3.8, 4) is 5.75 Å². The number of nitrogens with zero attached hydrogens (tertiary/aromatic N) is 1. The van der Waals surface area contributed by atoms with Gasteiger partial charge in [-0.25, -0.2) is 0 Å². The van der Waals surface area contributed by atoms with Crippen LogP contribution in [0.4, 0.5) is 5.69 Å². The Morgan fingerprint density at radius 3 is 2.52 bits per heavy atom. The van der Waals surface area contributed by atoms with Crippen LogP contribution in [0.15, 0.2) is 42.7 Å². The summed E-state index contributed by atoms with van der Waals surface area (Å²) in [7, 11) is 3.14. The number of para-hydroxylation sites is 2. The van der Waals surface area contributed by atoms with Gasteiger partial charge < -0.3 is 20.1 Å². The van der Waals surface area contributed by atoms with Crippen LogP contribution in [0.1, 0.15) is 27.1 Å². The van der Waals surface area contributed by atoms with Gasteiger partial charge in [0.15, 0.2) is 0 Å². The van der Waals surface area contributed by atoms with Crippen molar-refractivity contribution in [1.29, 1.82) is 0 Å².